The summed E-state index contributed by atoms with van der Waals surface area (Å²) in [6, 6.07) is 3.07. The quantitative estimate of drug-likeness (QED) is 0.874. The Kier molecular flexibility index (Phi) is 4.53. The average molecular weight is 313 g/mol. The number of hydrogen-bond donors (Lipinski definition) is 1. The molecule has 1 aromatic carbocycles. The van der Waals surface area contributed by atoms with Gasteiger partial charge in [0.25, 0.3) is 5.91 Å². The molecule has 0 aliphatic carbocycles. The smallest absolute Gasteiger partial charge is 0.303 e. The van der Waals surface area contributed by atoms with Crippen molar-refractivity contribution < 1.29 is 23.1 Å². The van der Waals surface area contributed by atoms with E-state index in [-0.39, 0.29) is 5.13 Å². The molecular weight excluding hydrogens is 304 g/mol. The Labute approximate surface area is 121 Å². The lowest BCUT2D eigenvalue weighted by Crippen LogP contribution is -2.26. The first-order chi connectivity index (χ1) is 9.99. The highest BCUT2D eigenvalue weighted by Crippen LogP contribution is 2.26. The summed E-state index contributed by atoms with van der Waals surface area (Å²) in [4.78, 5) is 23.2. The fraction of sp³-hybridized carbons (Fsp3) is 0.167. The highest BCUT2D eigenvalue weighted by atomic mass is 32.1. The Morgan fingerprint density at radius 1 is 1.33 bits per heavy atom. The summed E-state index contributed by atoms with van der Waals surface area (Å²) in [5.74, 6) is -3.76. The number of benzene rings is 1. The van der Waals surface area contributed by atoms with Crippen LogP contribution in [-0.4, -0.2) is 22.1 Å². The molecule has 6 nitrogen and oxygen atoms in total. The minimum Gasteiger partial charge on any atom is -0.447 e. The Bertz CT molecular complexity index is 644. The summed E-state index contributed by atoms with van der Waals surface area (Å²) in [5, 5.41) is 9.46. The van der Waals surface area contributed by atoms with E-state index < -0.39 is 35.2 Å². The van der Waals surface area contributed by atoms with E-state index >= 15 is 0 Å². The van der Waals surface area contributed by atoms with Crippen molar-refractivity contribution in [2.24, 2.45) is 0 Å². The number of nitrogens with zero attached hydrogens (tertiary/aromatic N) is 2. The second-order valence-electron chi connectivity index (χ2n) is 3.86. The van der Waals surface area contributed by atoms with Crippen LogP contribution in [0.15, 0.2) is 23.7 Å². The first kappa shape index (κ1) is 15.0. The van der Waals surface area contributed by atoms with E-state index in [2.05, 4.69) is 15.5 Å². The van der Waals surface area contributed by atoms with Crippen LogP contribution >= 0.6 is 11.3 Å². The maximum atomic E-state index is 13.8. The Morgan fingerprint density at radius 2 is 2.00 bits per heavy atom. The average Bonchev–Trinajstić information content (AvgIpc) is 2.89. The molecule has 1 atom stereocenters. The van der Waals surface area contributed by atoms with Gasteiger partial charge >= 0.3 is 5.97 Å². The molecule has 0 radical (unpaired) electrons. The van der Waals surface area contributed by atoms with E-state index in [1.54, 1.807) is 0 Å². The van der Waals surface area contributed by atoms with Gasteiger partial charge in [0, 0.05) is 6.92 Å². The molecule has 2 aromatic rings. The number of esters is 1. The summed E-state index contributed by atoms with van der Waals surface area (Å²) in [7, 11) is 0. The third kappa shape index (κ3) is 3.57. The Balaban J connectivity index is 2.34. The normalized spacial score (nSPS) is 11.8. The molecule has 0 saturated heterocycles. The van der Waals surface area contributed by atoms with Crippen LogP contribution in [0.1, 0.15) is 18.6 Å². The summed E-state index contributed by atoms with van der Waals surface area (Å²) in [5.41, 5.74) is 0.717. The fourth-order valence-electron chi connectivity index (χ4n) is 1.57. The zero-order valence-electron chi connectivity index (χ0n) is 10.7. The maximum absolute atomic E-state index is 13.8. The molecule has 110 valence electrons. The van der Waals surface area contributed by atoms with Gasteiger partial charge in [0.15, 0.2) is 0 Å². The number of carbonyl (C=O) groups is 2. The highest BCUT2D eigenvalue weighted by molar-refractivity contribution is 7.13. The summed E-state index contributed by atoms with van der Waals surface area (Å²) >= 11 is 1.01. The molecule has 0 saturated carbocycles. The van der Waals surface area contributed by atoms with E-state index in [1.165, 1.54) is 5.51 Å². The van der Waals surface area contributed by atoms with Crippen molar-refractivity contribution in [3.63, 3.8) is 0 Å². The second-order valence-corrected chi connectivity index (χ2v) is 4.69. The number of nitrogens with one attached hydrogen (secondary N) is 1. The first-order valence-corrected chi connectivity index (χ1v) is 6.55. The first-order valence-electron chi connectivity index (χ1n) is 5.67. The van der Waals surface area contributed by atoms with Gasteiger partial charge in [-0.3, -0.25) is 14.9 Å². The molecule has 1 heterocycles. The Hall–Kier alpha value is -2.42. The molecule has 0 aliphatic rings. The van der Waals surface area contributed by atoms with Crippen molar-refractivity contribution in [2.45, 2.75) is 13.0 Å². The van der Waals surface area contributed by atoms with Gasteiger partial charge in [0.2, 0.25) is 11.2 Å². The van der Waals surface area contributed by atoms with Crippen LogP contribution in [0.4, 0.5) is 13.9 Å². The summed E-state index contributed by atoms with van der Waals surface area (Å²) in [6.45, 7) is 1.03. The minimum absolute atomic E-state index is 0.119. The van der Waals surface area contributed by atoms with Crippen LogP contribution in [0, 0.1) is 11.6 Å². The SMILES string of the molecule is CC(=O)OC(C(=O)Nc1nncs1)c1c(F)cccc1F. The number of rotatable bonds is 4. The summed E-state index contributed by atoms with van der Waals surface area (Å²) in [6.07, 6.45) is -1.76. The van der Waals surface area contributed by atoms with Crippen LogP contribution in [0.5, 0.6) is 0 Å². The molecule has 0 fully saturated rings. The number of amides is 1. The number of ether oxygens (including phenoxy) is 1. The molecular formula is C12H9F2N3O3S. The third-order valence-corrected chi connectivity index (χ3v) is 2.98. The van der Waals surface area contributed by atoms with Gasteiger partial charge in [-0.25, -0.2) is 8.78 Å². The molecule has 1 N–H and O–H groups in total. The van der Waals surface area contributed by atoms with Crippen molar-refractivity contribution in [1.82, 2.24) is 10.2 Å². The van der Waals surface area contributed by atoms with Crippen molar-refractivity contribution in [3.8, 4) is 0 Å². The topological polar surface area (TPSA) is 81.2 Å². The molecule has 0 bridgehead atoms. The Morgan fingerprint density at radius 3 is 2.52 bits per heavy atom. The van der Waals surface area contributed by atoms with Gasteiger partial charge in [-0.2, -0.15) is 0 Å². The largest absolute Gasteiger partial charge is 0.447 e. The van der Waals surface area contributed by atoms with Crippen LogP contribution in [0.25, 0.3) is 0 Å². The standard InChI is InChI=1S/C12H9F2N3O3S/c1-6(18)20-10(9-7(13)3-2-4-8(9)14)11(19)16-12-17-15-5-21-12/h2-5,10H,1H3,(H,16,17,19). The second kappa shape index (κ2) is 6.35. The molecule has 0 spiro atoms. The molecule has 0 aliphatic heterocycles. The molecule has 1 amide bonds. The molecule has 21 heavy (non-hydrogen) atoms. The van der Waals surface area contributed by atoms with Crippen LogP contribution in [0.2, 0.25) is 0 Å². The van der Waals surface area contributed by atoms with E-state index in [0.717, 1.165) is 36.5 Å². The van der Waals surface area contributed by atoms with E-state index in [4.69, 9.17) is 4.74 Å². The number of hydrogen-bond acceptors (Lipinski definition) is 6. The minimum atomic E-state index is -1.76. The van der Waals surface area contributed by atoms with Crippen molar-refractivity contribution in [2.75, 3.05) is 5.32 Å². The van der Waals surface area contributed by atoms with Gasteiger partial charge in [-0.05, 0) is 12.1 Å². The van der Waals surface area contributed by atoms with Gasteiger partial charge in [-0.15, -0.1) is 10.2 Å². The van der Waals surface area contributed by atoms with Gasteiger partial charge in [0.1, 0.15) is 17.1 Å². The molecule has 1 unspecified atom stereocenters. The number of anilines is 1. The maximum Gasteiger partial charge on any atom is 0.303 e. The summed E-state index contributed by atoms with van der Waals surface area (Å²) < 4.78 is 32.2. The van der Waals surface area contributed by atoms with Crippen LogP contribution in [-0.2, 0) is 14.3 Å². The lowest BCUT2D eigenvalue weighted by molar-refractivity contribution is -0.152. The number of carbonyl (C=O) groups excluding carboxylic acids is 2. The molecule has 2 rings (SSSR count). The lowest BCUT2D eigenvalue weighted by Gasteiger charge is -2.17. The van der Waals surface area contributed by atoms with Crippen molar-refractivity contribution in [1.29, 1.82) is 0 Å². The number of halogens is 2. The van der Waals surface area contributed by atoms with Gasteiger partial charge in [-0.1, -0.05) is 17.4 Å². The van der Waals surface area contributed by atoms with E-state index in [0.29, 0.717) is 0 Å². The van der Waals surface area contributed by atoms with Crippen molar-refractivity contribution in [3.05, 3.63) is 40.9 Å². The number of aromatic nitrogens is 2. The third-order valence-electron chi connectivity index (χ3n) is 2.37. The van der Waals surface area contributed by atoms with Crippen LogP contribution in [0.3, 0.4) is 0 Å². The van der Waals surface area contributed by atoms with Crippen LogP contribution < -0.4 is 5.32 Å². The molecule has 1 aromatic heterocycles. The molecule has 9 heteroatoms. The lowest BCUT2D eigenvalue weighted by atomic mass is 10.1. The monoisotopic (exact) mass is 313 g/mol. The van der Waals surface area contributed by atoms with Crippen molar-refractivity contribution >= 4 is 28.3 Å². The van der Waals surface area contributed by atoms with Gasteiger partial charge < -0.3 is 4.74 Å². The van der Waals surface area contributed by atoms with E-state index in [9.17, 15) is 18.4 Å². The predicted molar refractivity (Wildman–Crippen MR) is 69.4 cm³/mol. The zero-order chi connectivity index (χ0) is 15.4. The van der Waals surface area contributed by atoms with Gasteiger partial charge in [0.05, 0.1) is 5.56 Å². The predicted octanol–water partition coefficient (Wildman–Crippen LogP) is 2.06. The fourth-order valence-corrected chi connectivity index (χ4v) is 2.02. The zero-order valence-corrected chi connectivity index (χ0v) is 11.5. The highest BCUT2D eigenvalue weighted by Gasteiger charge is 2.30. The van der Waals surface area contributed by atoms with E-state index in [1.807, 2.05) is 0 Å².